The number of thiophene rings is 1. The van der Waals surface area contributed by atoms with Crippen LogP contribution in [0.2, 0.25) is 0 Å². The van der Waals surface area contributed by atoms with E-state index in [1.165, 1.54) is 18.3 Å². The van der Waals surface area contributed by atoms with Gasteiger partial charge in [0.05, 0.1) is 10.6 Å². The van der Waals surface area contributed by atoms with E-state index in [2.05, 4.69) is 0 Å². The maximum absolute atomic E-state index is 11.3. The van der Waals surface area contributed by atoms with Crippen molar-refractivity contribution in [2.45, 2.75) is 19.6 Å². The molecule has 0 unspecified atom stereocenters. The average molecular weight is 232 g/mol. The van der Waals surface area contributed by atoms with Crippen LogP contribution >= 0.6 is 11.3 Å². The Morgan fingerprint density at radius 1 is 1.43 bits per heavy atom. The van der Waals surface area contributed by atoms with Gasteiger partial charge in [0, 0.05) is 10.6 Å². The molecule has 1 aromatic heterocycles. The molecule has 1 heterocycles. The Morgan fingerprint density at radius 2 is 2.07 bits per heavy atom. The van der Waals surface area contributed by atoms with Crippen molar-refractivity contribution in [3.05, 3.63) is 21.9 Å². The SMILES string of the molecule is CCS(=O)(=O)Cc1ccc(C(C)=O)s1. The van der Waals surface area contributed by atoms with Crippen LogP contribution in [0.3, 0.4) is 0 Å². The summed E-state index contributed by atoms with van der Waals surface area (Å²) < 4.78 is 22.5. The highest BCUT2D eigenvalue weighted by atomic mass is 32.2. The van der Waals surface area contributed by atoms with E-state index in [9.17, 15) is 13.2 Å². The fourth-order valence-corrected chi connectivity index (χ4v) is 3.17. The molecule has 0 spiro atoms. The first-order chi connectivity index (χ1) is 6.44. The van der Waals surface area contributed by atoms with Crippen LogP contribution in [0.15, 0.2) is 12.1 Å². The van der Waals surface area contributed by atoms with Gasteiger partial charge in [-0.25, -0.2) is 8.42 Å². The van der Waals surface area contributed by atoms with Crippen LogP contribution in [0.4, 0.5) is 0 Å². The van der Waals surface area contributed by atoms with Crippen molar-refractivity contribution < 1.29 is 13.2 Å². The summed E-state index contributed by atoms with van der Waals surface area (Å²) in [6.07, 6.45) is 0. The summed E-state index contributed by atoms with van der Waals surface area (Å²) in [5.41, 5.74) is 0. The van der Waals surface area contributed by atoms with Gasteiger partial charge >= 0.3 is 0 Å². The predicted molar refractivity (Wildman–Crippen MR) is 57.5 cm³/mol. The van der Waals surface area contributed by atoms with Crippen molar-refractivity contribution in [1.29, 1.82) is 0 Å². The summed E-state index contributed by atoms with van der Waals surface area (Å²) in [6, 6.07) is 3.38. The lowest BCUT2D eigenvalue weighted by Gasteiger charge is -1.96. The zero-order valence-electron chi connectivity index (χ0n) is 8.11. The third-order valence-electron chi connectivity index (χ3n) is 1.81. The van der Waals surface area contributed by atoms with Crippen molar-refractivity contribution in [3.63, 3.8) is 0 Å². The number of sulfone groups is 1. The highest BCUT2D eigenvalue weighted by Crippen LogP contribution is 2.19. The lowest BCUT2D eigenvalue weighted by atomic mass is 10.3. The van der Waals surface area contributed by atoms with Gasteiger partial charge in [0.1, 0.15) is 0 Å². The fraction of sp³-hybridized carbons (Fsp3) is 0.444. The minimum absolute atomic E-state index is 0.0184. The van der Waals surface area contributed by atoms with Crippen LogP contribution in [0.25, 0.3) is 0 Å². The molecule has 0 atom stereocenters. The van der Waals surface area contributed by atoms with Gasteiger partial charge in [-0.15, -0.1) is 11.3 Å². The normalized spacial score (nSPS) is 11.6. The van der Waals surface area contributed by atoms with Crippen LogP contribution in [-0.2, 0) is 15.6 Å². The lowest BCUT2D eigenvalue weighted by Crippen LogP contribution is -2.04. The molecule has 3 nitrogen and oxygen atoms in total. The first kappa shape index (κ1) is 11.4. The number of carbonyl (C=O) groups excluding carboxylic acids is 1. The number of rotatable bonds is 4. The van der Waals surface area contributed by atoms with Crippen LogP contribution in [0.1, 0.15) is 28.4 Å². The van der Waals surface area contributed by atoms with Crippen LogP contribution in [0.5, 0.6) is 0 Å². The molecular weight excluding hydrogens is 220 g/mol. The molecule has 0 radical (unpaired) electrons. The number of carbonyl (C=O) groups is 1. The van der Waals surface area contributed by atoms with Crippen molar-refractivity contribution in [1.82, 2.24) is 0 Å². The number of Topliss-reactive ketones (excluding diaryl/α,β-unsaturated/α-hetero) is 1. The van der Waals surface area contributed by atoms with Crippen LogP contribution in [0, 0.1) is 0 Å². The van der Waals surface area contributed by atoms with E-state index in [0.717, 1.165) is 4.88 Å². The molecule has 0 aliphatic carbocycles. The number of ketones is 1. The largest absolute Gasteiger partial charge is 0.294 e. The minimum atomic E-state index is -2.99. The summed E-state index contributed by atoms with van der Waals surface area (Å²) in [5, 5.41) is 0. The van der Waals surface area contributed by atoms with E-state index in [1.54, 1.807) is 19.1 Å². The Kier molecular flexibility index (Phi) is 3.44. The first-order valence-corrected chi connectivity index (χ1v) is 6.88. The van der Waals surface area contributed by atoms with Gasteiger partial charge in [-0.2, -0.15) is 0 Å². The fourth-order valence-electron chi connectivity index (χ4n) is 0.964. The lowest BCUT2D eigenvalue weighted by molar-refractivity contribution is 0.102. The molecule has 0 aliphatic heterocycles. The van der Waals surface area contributed by atoms with Gasteiger partial charge in [-0.05, 0) is 19.1 Å². The minimum Gasteiger partial charge on any atom is -0.294 e. The molecule has 0 saturated heterocycles. The quantitative estimate of drug-likeness (QED) is 0.745. The third-order valence-corrected chi connectivity index (χ3v) is 4.81. The van der Waals surface area contributed by atoms with Crippen molar-refractivity contribution in [2.24, 2.45) is 0 Å². The standard InChI is InChI=1S/C9H12O3S2/c1-3-14(11,12)6-8-4-5-9(13-8)7(2)10/h4-5H,3,6H2,1-2H3. The zero-order valence-corrected chi connectivity index (χ0v) is 9.74. The predicted octanol–water partition coefficient (Wildman–Crippen LogP) is 1.89. The molecule has 0 N–H and O–H groups in total. The summed E-state index contributed by atoms with van der Waals surface area (Å²) in [5.74, 6) is 0.164. The van der Waals surface area contributed by atoms with E-state index < -0.39 is 9.84 Å². The topological polar surface area (TPSA) is 51.2 Å². The van der Waals surface area contributed by atoms with E-state index in [-0.39, 0.29) is 17.3 Å². The highest BCUT2D eigenvalue weighted by molar-refractivity contribution is 7.90. The smallest absolute Gasteiger partial charge is 0.169 e. The second-order valence-corrected chi connectivity index (χ2v) is 6.52. The van der Waals surface area contributed by atoms with Crippen molar-refractivity contribution in [2.75, 3.05) is 5.75 Å². The van der Waals surface area contributed by atoms with E-state index in [0.29, 0.717) is 4.88 Å². The monoisotopic (exact) mass is 232 g/mol. The molecule has 14 heavy (non-hydrogen) atoms. The van der Waals surface area contributed by atoms with Crippen LogP contribution in [-0.4, -0.2) is 20.0 Å². The molecule has 1 aromatic rings. The van der Waals surface area contributed by atoms with E-state index in [4.69, 9.17) is 0 Å². The van der Waals surface area contributed by atoms with Gasteiger partial charge in [-0.1, -0.05) is 6.92 Å². The van der Waals surface area contributed by atoms with Crippen molar-refractivity contribution in [3.8, 4) is 0 Å². The van der Waals surface area contributed by atoms with E-state index >= 15 is 0 Å². The second-order valence-electron chi connectivity index (χ2n) is 3.00. The van der Waals surface area contributed by atoms with Gasteiger partial charge in [-0.3, -0.25) is 4.79 Å². The van der Waals surface area contributed by atoms with Crippen molar-refractivity contribution >= 4 is 27.0 Å². The Morgan fingerprint density at radius 3 is 2.50 bits per heavy atom. The average Bonchev–Trinajstić information content (AvgIpc) is 2.52. The number of hydrogen-bond acceptors (Lipinski definition) is 4. The molecule has 5 heteroatoms. The van der Waals surface area contributed by atoms with Gasteiger partial charge in [0.25, 0.3) is 0 Å². The Balaban J connectivity index is 2.84. The second kappa shape index (κ2) is 4.23. The number of hydrogen-bond donors (Lipinski definition) is 0. The summed E-state index contributed by atoms with van der Waals surface area (Å²) >= 11 is 1.25. The summed E-state index contributed by atoms with van der Waals surface area (Å²) in [7, 11) is -2.99. The third kappa shape index (κ3) is 2.92. The van der Waals surface area contributed by atoms with Gasteiger partial charge in [0.2, 0.25) is 0 Å². The molecule has 1 rings (SSSR count). The maximum Gasteiger partial charge on any atom is 0.169 e. The summed E-state index contributed by atoms with van der Waals surface area (Å²) in [6.45, 7) is 3.10. The molecule has 0 aliphatic rings. The van der Waals surface area contributed by atoms with Crippen LogP contribution < -0.4 is 0 Å². The highest BCUT2D eigenvalue weighted by Gasteiger charge is 2.11. The molecule has 0 bridgehead atoms. The summed E-state index contributed by atoms with van der Waals surface area (Å²) in [4.78, 5) is 12.3. The Hall–Kier alpha value is -0.680. The molecular formula is C9H12O3S2. The molecule has 0 saturated carbocycles. The maximum atomic E-state index is 11.3. The Labute approximate surface area is 87.7 Å². The molecule has 0 aromatic carbocycles. The Bertz CT molecular complexity index is 429. The first-order valence-electron chi connectivity index (χ1n) is 4.24. The molecule has 0 fully saturated rings. The molecule has 78 valence electrons. The van der Waals surface area contributed by atoms with Gasteiger partial charge in [0.15, 0.2) is 15.6 Å². The van der Waals surface area contributed by atoms with E-state index in [1.807, 2.05) is 0 Å². The van der Waals surface area contributed by atoms with Gasteiger partial charge < -0.3 is 0 Å². The molecule has 0 amide bonds. The zero-order chi connectivity index (χ0) is 10.8.